The van der Waals surface area contributed by atoms with Crippen molar-refractivity contribution in [3.8, 4) is 11.5 Å². The zero-order valence-corrected chi connectivity index (χ0v) is 19.1. The Balaban J connectivity index is 0.000000442. The van der Waals surface area contributed by atoms with Gasteiger partial charge in [-0.05, 0) is 18.1 Å². The van der Waals surface area contributed by atoms with E-state index < -0.39 is 9.84 Å². The smallest absolute Gasteiger partial charge is 0.180 e. The van der Waals surface area contributed by atoms with Crippen LogP contribution >= 0.6 is 0 Å². The number of hydrogen-bond acceptors (Lipinski definition) is 5. The van der Waals surface area contributed by atoms with Crippen LogP contribution in [-0.2, 0) is 16.4 Å². The van der Waals surface area contributed by atoms with Gasteiger partial charge in [-0.3, -0.25) is 0 Å². The molecule has 1 aliphatic heterocycles. The summed E-state index contributed by atoms with van der Waals surface area (Å²) in [6.07, 6.45) is 2.96. The Morgan fingerprint density at radius 3 is 1.97 bits per heavy atom. The predicted molar refractivity (Wildman–Crippen MR) is 120 cm³/mol. The molecule has 0 saturated carbocycles. The fraction of sp³-hybridized carbons (Fsp3) is 0.478. The summed E-state index contributed by atoms with van der Waals surface area (Å²) in [5, 5.41) is 3.34. The van der Waals surface area contributed by atoms with Crippen molar-refractivity contribution in [2.45, 2.75) is 57.5 Å². The number of ether oxygens (including phenoxy) is 2. The van der Waals surface area contributed by atoms with E-state index >= 15 is 0 Å². The first-order valence-corrected chi connectivity index (χ1v) is 11.9. The lowest BCUT2D eigenvalue weighted by Gasteiger charge is -2.14. The van der Waals surface area contributed by atoms with Crippen molar-refractivity contribution in [1.82, 2.24) is 5.32 Å². The van der Waals surface area contributed by atoms with E-state index in [0.717, 1.165) is 24.8 Å². The van der Waals surface area contributed by atoms with Crippen LogP contribution in [0.5, 0.6) is 11.5 Å². The number of methoxy groups -OCH3 is 2. The third-order valence-corrected chi connectivity index (χ3v) is 6.37. The van der Waals surface area contributed by atoms with Gasteiger partial charge >= 0.3 is 0 Å². The molecule has 5 nitrogen and oxygen atoms in total. The summed E-state index contributed by atoms with van der Waals surface area (Å²) in [5.74, 6) is 1.14. The molecule has 0 aliphatic carbocycles. The number of hydrogen-bond donors (Lipinski definition) is 1. The summed E-state index contributed by atoms with van der Waals surface area (Å²) in [5.41, 5.74) is 0.742. The Bertz CT molecular complexity index is 780. The fourth-order valence-electron chi connectivity index (χ4n) is 3.02. The molecule has 0 radical (unpaired) electrons. The highest BCUT2D eigenvalue weighted by Gasteiger charge is 2.28. The Labute approximate surface area is 176 Å². The summed E-state index contributed by atoms with van der Waals surface area (Å²) in [6.45, 7) is 6.64. The molecule has 2 aromatic carbocycles. The van der Waals surface area contributed by atoms with Gasteiger partial charge < -0.3 is 14.8 Å². The van der Waals surface area contributed by atoms with Crippen LogP contribution in [0.3, 0.4) is 0 Å². The third kappa shape index (κ3) is 7.71. The molecule has 0 unspecified atom stereocenters. The van der Waals surface area contributed by atoms with Gasteiger partial charge in [-0.25, -0.2) is 8.42 Å². The van der Waals surface area contributed by atoms with Crippen molar-refractivity contribution in [1.29, 1.82) is 0 Å². The van der Waals surface area contributed by atoms with Crippen LogP contribution in [0.4, 0.5) is 0 Å². The van der Waals surface area contributed by atoms with E-state index in [1.54, 1.807) is 19.2 Å². The van der Waals surface area contributed by atoms with E-state index in [1.165, 1.54) is 7.11 Å². The van der Waals surface area contributed by atoms with Crippen LogP contribution in [0.2, 0.25) is 0 Å². The zero-order valence-electron chi connectivity index (χ0n) is 18.3. The molecular weight excluding hydrogens is 386 g/mol. The largest absolute Gasteiger partial charge is 0.493 e. The minimum absolute atomic E-state index is 0.000611. The summed E-state index contributed by atoms with van der Waals surface area (Å²) < 4.78 is 35.7. The minimum Gasteiger partial charge on any atom is -0.493 e. The van der Waals surface area contributed by atoms with Gasteiger partial charge in [0.05, 0.1) is 24.9 Å². The summed E-state index contributed by atoms with van der Waals surface area (Å²) in [6, 6.07) is 15.3. The molecule has 0 amide bonds. The molecule has 1 atom stereocenters. The van der Waals surface area contributed by atoms with Gasteiger partial charge in [-0.1, -0.05) is 70.0 Å². The Kier molecular flexibility index (Phi) is 11.4. The normalized spacial score (nSPS) is 16.7. The van der Waals surface area contributed by atoms with Gasteiger partial charge in [0, 0.05) is 18.7 Å². The molecule has 1 aliphatic rings. The topological polar surface area (TPSA) is 64.6 Å². The standard InChI is InChI=1S/C15H23NO4S.C6H6.C2H6/c1-4-5-6-12-10-21(17,18)15-8-14(20-3)13(19-2)7-11(15)9-16-12;1-2-4-6-5-3-1;1-2/h7-8,12,16H,4-6,9-10H2,1-3H3;1-6H;1-2H3/t12-;;/m1../s1. The van der Waals surface area contributed by atoms with E-state index in [-0.39, 0.29) is 11.8 Å². The van der Waals surface area contributed by atoms with Gasteiger partial charge in [0.1, 0.15) is 0 Å². The zero-order chi connectivity index (χ0) is 21.7. The van der Waals surface area contributed by atoms with Crippen molar-refractivity contribution in [2.75, 3.05) is 20.0 Å². The SMILES string of the molecule is CC.CCCC[C@@H]1CS(=O)(=O)c2cc(OC)c(OC)cc2CN1.c1ccccc1. The van der Waals surface area contributed by atoms with Crippen molar-refractivity contribution in [2.24, 2.45) is 0 Å². The third-order valence-electron chi connectivity index (χ3n) is 4.48. The first-order valence-electron chi connectivity index (χ1n) is 10.2. The molecule has 162 valence electrons. The molecular formula is C23H35NO4S. The summed E-state index contributed by atoms with van der Waals surface area (Å²) >= 11 is 0. The number of rotatable bonds is 5. The molecule has 0 saturated heterocycles. The molecule has 0 spiro atoms. The summed E-state index contributed by atoms with van der Waals surface area (Å²) in [4.78, 5) is 0.353. The number of unbranched alkanes of at least 4 members (excludes halogenated alkanes) is 1. The quantitative estimate of drug-likeness (QED) is 0.747. The molecule has 0 aromatic heterocycles. The summed E-state index contributed by atoms with van der Waals surface area (Å²) in [7, 11) is -0.255. The number of benzene rings is 2. The highest BCUT2D eigenvalue weighted by atomic mass is 32.2. The number of sulfone groups is 1. The molecule has 1 heterocycles. The van der Waals surface area contributed by atoms with E-state index in [2.05, 4.69) is 12.2 Å². The molecule has 29 heavy (non-hydrogen) atoms. The van der Waals surface area contributed by atoms with Gasteiger partial charge in [-0.15, -0.1) is 0 Å². The minimum atomic E-state index is -3.31. The van der Waals surface area contributed by atoms with Crippen molar-refractivity contribution in [3.05, 3.63) is 54.1 Å². The molecule has 2 aromatic rings. The average Bonchev–Trinajstić information content (AvgIpc) is 2.89. The van der Waals surface area contributed by atoms with Gasteiger partial charge in [0.2, 0.25) is 0 Å². The maximum absolute atomic E-state index is 12.6. The van der Waals surface area contributed by atoms with E-state index in [0.29, 0.717) is 22.9 Å². The van der Waals surface area contributed by atoms with Crippen molar-refractivity contribution >= 4 is 9.84 Å². The maximum atomic E-state index is 12.6. The predicted octanol–water partition coefficient (Wildman–Crippen LogP) is 4.85. The Morgan fingerprint density at radius 2 is 1.48 bits per heavy atom. The van der Waals surface area contributed by atoms with Gasteiger partial charge in [0.15, 0.2) is 21.3 Å². The highest BCUT2D eigenvalue weighted by molar-refractivity contribution is 7.91. The lowest BCUT2D eigenvalue weighted by Crippen LogP contribution is -2.32. The monoisotopic (exact) mass is 421 g/mol. The Hall–Kier alpha value is -2.05. The molecule has 1 N–H and O–H groups in total. The lowest BCUT2D eigenvalue weighted by molar-refractivity contribution is 0.353. The lowest BCUT2D eigenvalue weighted by atomic mass is 10.1. The Morgan fingerprint density at radius 1 is 0.966 bits per heavy atom. The van der Waals surface area contributed by atoms with Crippen LogP contribution < -0.4 is 14.8 Å². The fourth-order valence-corrected chi connectivity index (χ4v) is 4.83. The molecule has 0 bridgehead atoms. The van der Waals surface area contributed by atoms with Crippen LogP contribution in [0.1, 0.15) is 45.6 Å². The molecule has 0 fully saturated rings. The van der Waals surface area contributed by atoms with Crippen LogP contribution in [0.25, 0.3) is 0 Å². The number of fused-ring (bicyclic) bond motifs is 1. The van der Waals surface area contributed by atoms with Crippen LogP contribution in [0.15, 0.2) is 53.4 Å². The van der Waals surface area contributed by atoms with Crippen molar-refractivity contribution < 1.29 is 17.9 Å². The average molecular weight is 422 g/mol. The van der Waals surface area contributed by atoms with E-state index in [1.807, 2.05) is 50.2 Å². The van der Waals surface area contributed by atoms with E-state index in [9.17, 15) is 8.42 Å². The first-order chi connectivity index (χ1) is 14.0. The first kappa shape index (κ1) is 25.0. The second kappa shape index (κ2) is 13.2. The number of nitrogens with one attached hydrogen (secondary N) is 1. The molecule has 3 rings (SSSR count). The second-order valence-electron chi connectivity index (χ2n) is 6.47. The van der Waals surface area contributed by atoms with Crippen LogP contribution in [0, 0.1) is 0 Å². The van der Waals surface area contributed by atoms with Crippen LogP contribution in [-0.4, -0.2) is 34.4 Å². The van der Waals surface area contributed by atoms with Gasteiger partial charge in [0.25, 0.3) is 0 Å². The molecule has 6 heteroatoms. The van der Waals surface area contributed by atoms with Crippen molar-refractivity contribution in [3.63, 3.8) is 0 Å². The highest BCUT2D eigenvalue weighted by Crippen LogP contribution is 2.34. The van der Waals surface area contributed by atoms with E-state index in [4.69, 9.17) is 9.47 Å². The second-order valence-corrected chi connectivity index (χ2v) is 8.47. The maximum Gasteiger partial charge on any atom is 0.180 e. The van der Waals surface area contributed by atoms with Gasteiger partial charge in [-0.2, -0.15) is 0 Å².